The van der Waals surface area contributed by atoms with E-state index in [4.69, 9.17) is 14.2 Å². The number of carbonyl (C=O) groups is 2. The fourth-order valence-electron chi connectivity index (χ4n) is 8.72. The number of aliphatic hydroxyl groups is 5. The standard InChI is InChI=1S/C57H105NO10/c1-3-5-7-9-11-13-14-25-29-33-37-41-45-53(62)66-46-42-38-34-30-26-23-21-19-17-15-16-18-20-22-24-28-32-36-40-44-52(61)58-49(50(60)43-39-35-31-27-12-10-8-6-4-2)48-67-57-56(65)55(64)54(63)51(47-59)68-57/h19,21,23,26,39,43,49-51,54-57,59-60,63-65H,3-18,20,22,24-25,27-38,40-42,44-48H2,1-2H3,(H,58,61)/b21-19-,26-23-,43-39+. The van der Waals surface area contributed by atoms with Gasteiger partial charge in [0.1, 0.15) is 24.4 Å². The van der Waals surface area contributed by atoms with Crippen molar-refractivity contribution in [2.45, 2.75) is 294 Å². The summed E-state index contributed by atoms with van der Waals surface area (Å²) in [6, 6.07) is -0.816. The van der Waals surface area contributed by atoms with E-state index in [1.165, 1.54) is 135 Å². The Hall–Kier alpha value is -2.12. The Balaban J connectivity index is 2.08. The van der Waals surface area contributed by atoms with Gasteiger partial charge >= 0.3 is 5.97 Å². The van der Waals surface area contributed by atoms with E-state index in [2.05, 4.69) is 43.5 Å². The van der Waals surface area contributed by atoms with Crippen LogP contribution < -0.4 is 5.32 Å². The first kappa shape index (κ1) is 63.9. The molecule has 1 rings (SSSR count). The number of hydrogen-bond donors (Lipinski definition) is 6. The minimum Gasteiger partial charge on any atom is -0.466 e. The number of esters is 1. The summed E-state index contributed by atoms with van der Waals surface area (Å²) in [6.45, 7) is 4.26. The minimum atomic E-state index is -1.57. The van der Waals surface area contributed by atoms with Crippen molar-refractivity contribution in [3.05, 3.63) is 36.5 Å². The van der Waals surface area contributed by atoms with Crippen molar-refractivity contribution in [1.82, 2.24) is 5.32 Å². The molecule has 1 aliphatic heterocycles. The van der Waals surface area contributed by atoms with E-state index < -0.39 is 49.5 Å². The summed E-state index contributed by atoms with van der Waals surface area (Å²) >= 11 is 0. The number of amides is 1. The van der Waals surface area contributed by atoms with Crippen molar-refractivity contribution >= 4 is 11.9 Å². The molecule has 1 heterocycles. The summed E-state index contributed by atoms with van der Waals surface area (Å²) in [4.78, 5) is 25.0. The highest BCUT2D eigenvalue weighted by atomic mass is 16.7. The Bertz CT molecular complexity index is 1230. The molecule has 0 aromatic carbocycles. The van der Waals surface area contributed by atoms with Gasteiger partial charge in [0.25, 0.3) is 0 Å². The molecule has 68 heavy (non-hydrogen) atoms. The largest absolute Gasteiger partial charge is 0.466 e. The lowest BCUT2D eigenvalue weighted by Crippen LogP contribution is -2.60. The molecule has 0 spiro atoms. The summed E-state index contributed by atoms with van der Waals surface area (Å²) in [5, 5.41) is 54.1. The van der Waals surface area contributed by atoms with Gasteiger partial charge in [-0.05, 0) is 64.2 Å². The Morgan fingerprint density at radius 2 is 0.971 bits per heavy atom. The molecule has 7 unspecified atom stereocenters. The van der Waals surface area contributed by atoms with Crippen LogP contribution in [0.15, 0.2) is 36.5 Å². The highest BCUT2D eigenvalue weighted by Gasteiger charge is 2.44. The maximum absolute atomic E-state index is 13.0. The van der Waals surface area contributed by atoms with Gasteiger partial charge in [-0.2, -0.15) is 0 Å². The quantitative estimate of drug-likeness (QED) is 0.0149. The molecule has 1 aliphatic rings. The molecule has 0 radical (unpaired) electrons. The molecular weight excluding hydrogens is 859 g/mol. The highest BCUT2D eigenvalue weighted by molar-refractivity contribution is 5.76. The number of carbonyl (C=O) groups excluding carboxylic acids is 2. The van der Waals surface area contributed by atoms with Crippen LogP contribution in [0.25, 0.3) is 0 Å². The second-order valence-corrected chi connectivity index (χ2v) is 19.7. The summed E-state index contributed by atoms with van der Waals surface area (Å²) in [6.07, 6.45) is 46.7. The molecule has 7 atom stereocenters. The van der Waals surface area contributed by atoms with Gasteiger partial charge in [-0.1, -0.05) is 211 Å². The van der Waals surface area contributed by atoms with Crippen molar-refractivity contribution in [3.63, 3.8) is 0 Å². The summed E-state index contributed by atoms with van der Waals surface area (Å²) in [5.74, 6) is -0.222. The molecule has 1 amide bonds. The summed E-state index contributed by atoms with van der Waals surface area (Å²) < 4.78 is 16.6. The number of aliphatic hydroxyl groups excluding tert-OH is 5. The molecule has 0 bridgehead atoms. The lowest BCUT2D eigenvalue weighted by atomic mass is 9.99. The molecule has 1 fully saturated rings. The topological polar surface area (TPSA) is 175 Å². The molecule has 11 nitrogen and oxygen atoms in total. The molecule has 11 heteroatoms. The van der Waals surface area contributed by atoms with Crippen LogP contribution in [-0.2, 0) is 23.8 Å². The van der Waals surface area contributed by atoms with E-state index in [0.717, 1.165) is 89.9 Å². The molecule has 0 aliphatic carbocycles. The van der Waals surface area contributed by atoms with E-state index in [-0.39, 0.29) is 18.5 Å². The number of ether oxygens (including phenoxy) is 3. The van der Waals surface area contributed by atoms with Gasteiger partial charge in [-0.3, -0.25) is 9.59 Å². The number of hydrogen-bond acceptors (Lipinski definition) is 10. The second-order valence-electron chi connectivity index (χ2n) is 19.7. The SMILES string of the molecule is CCCCCCCCC/C=C/C(O)C(COC1OC(CO)C(O)C(O)C1O)NC(=O)CCCCCCCCCCCC/C=C\C=C/CCCCCOC(=O)CCCCCCCCCCCCCC. The van der Waals surface area contributed by atoms with E-state index in [1.807, 2.05) is 6.08 Å². The minimum absolute atomic E-state index is 0.0281. The summed E-state index contributed by atoms with van der Waals surface area (Å²) in [5.41, 5.74) is 0. The van der Waals surface area contributed by atoms with Crippen LogP contribution in [0.1, 0.15) is 251 Å². The number of rotatable bonds is 48. The van der Waals surface area contributed by atoms with Crippen molar-refractivity contribution in [2.75, 3.05) is 19.8 Å². The van der Waals surface area contributed by atoms with Crippen LogP contribution in [0.2, 0.25) is 0 Å². The first-order valence-electron chi connectivity index (χ1n) is 28.3. The monoisotopic (exact) mass is 964 g/mol. The highest BCUT2D eigenvalue weighted by Crippen LogP contribution is 2.23. The van der Waals surface area contributed by atoms with Crippen LogP contribution in [0.4, 0.5) is 0 Å². The Labute approximate surface area is 415 Å². The third-order valence-electron chi connectivity index (χ3n) is 13.3. The zero-order valence-electron chi connectivity index (χ0n) is 43.6. The van der Waals surface area contributed by atoms with Crippen LogP contribution in [0.3, 0.4) is 0 Å². The number of allylic oxidation sites excluding steroid dienone is 5. The molecule has 0 saturated carbocycles. The molecule has 6 N–H and O–H groups in total. The first-order chi connectivity index (χ1) is 33.2. The molecule has 0 aromatic heterocycles. The van der Waals surface area contributed by atoms with Gasteiger partial charge in [0.2, 0.25) is 5.91 Å². The van der Waals surface area contributed by atoms with Crippen molar-refractivity contribution in [3.8, 4) is 0 Å². The third-order valence-corrected chi connectivity index (χ3v) is 13.3. The maximum atomic E-state index is 13.0. The van der Waals surface area contributed by atoms with E-state index in [0.29, 0.717) is 19.4 Å². The Morgan fingerprint density at radius 1 is 0.544 bits per heavy atom. The maximum Gasteiger partial charge on any atom is 0.305 e. The number of unbranched alkanes of at least 4 members (excludes halogenated alkanes) is 31. The second kappa shape index (κ2) is 47.2. The van der Waals surface area contributed by atoms with Crippen LogP contribution in [-0.4, -0.2) is 100 Å². The molecule has 398 valence electrons. The van der Waals surface area contributed by atoms with Crippen molar-refractivity contribution in [1.29, 1.82) is 0 Å². The predicted molar refractivity (Wildman–Crippen MR) is 278 cm³/mol. The molecule has 1 saturated heterocycles. The number of nitrogens with one attached hydrogen (secondary N) is 1. The van der Waals surface area contributed by atoms with E-state index >= 15 is 0 Å². The lowest BCUT2D eigenvalue weighted by molar-refractivity contribution is -0.302. The predicted octanol–water partition coefficient (Wildman–Crippen LogP) is 12.3. The zero-order chi connectivity index (χ0) is 49.6. The van der Waals surface area contributed by atoms with Gasteiger partial charge in [-0.25, -0.2) is 0 Å². The third kappa shape index (κ3) is 36.8. The van der Waals surface area contributed by atoms with Gasteiger partial charge < -0.3 is 45.1 Å². The first-order valence-corrected chi connectivity index (χ1v) is 28.3. The van der Waals surface area contributed by atoms with Gasteiger partial charge in [-0.15, -0.1) is 0 Å². The zero-order valence-corrected chi connectivity index (χ0v) is 43.6. The van der Waals surface area contributed by atoms with Crippen molar-refractivity contribution < 1.29 is 49.3 Å². The molecule has 0 aromatic rings. The summed E-state index contributed by atoms with van der Waals surface area (Å²) in [7, 11) is 0. The van der Waals surface area contributed by atoms with Gasteiger partial charge in [0.05, 0.1) is 32.0 Å². The fraction of sp³-hybridized carbons (Fsp3) is 0.860. The Kier molecular flexibility index (Phi) is 44.4. The molecular formula is C57H105NO10. The van der Waals surface area contributed by atoms with Crippen LogP contribution >= 0.6 is 0 Å². The fourth-order valence-corrected chi connectivity index (χ4v) is 8.72. The van der Waals surface area contributed by atoms with E-state index in [9.17, 15) is 35.1 Å². The average molecular weight is 964 g/mol. The van der Waals surface area contributed by atoms with Gasteiger partial charge in [0, 0.05) is 12.8 Å². The normalized spacial score (nSPS) is 19.7. The van der Waals surface area contributed by atoms with Crippen LogP contribution in [0, 0.1) is 0 Å². The average Bonchev–Trinajstić information content (AvgIpc) is 3.33. The van der Waals surface area contributed by atoms with Gasteiger partial charge in [0.15, 0.2) is 6.29 Å². The van der Waals surface area contributed by atoms with E-state index in [1.54, 1.807) is 6.08 Å². The smallest absolute Gasteiger partial charge is 0.305 e. The van der Waals surface area contributed by atoms with Crippen molar-refractivity contribution in [2.24, 2.45) is 0 Å². The van der Waals surface area contributed by atoms with Crippen LogP contribution in [0.5, 0.6) is 0 Å². The Morgan fingerprint density at radius 3 is 1.46 bits per heavy atom. The lowest BCUT2D eigenvalue weighted by Gasteiger charge is -2.40.